The van der Waals surface area contributed by atoms with Crippen molar-refractivity contribution >= 4 is 15.9 Å². The molecular weight excluding hydrogens is 374 g/mol. The highest BCUT2D eigenvalue weighted by Gasteiger charge is 2.37. The van der Waals surface area contributed by atoms with Gasteiger partial charge in [-0.1, -0.05) is 40.2 Å². The van der Waals surface area contributed by atoms with Gasteiger partial charge in [0.15, 0.2) is 0 Å². The van der Waals surface area contributed by atoms with E-state index < -0.39 is 23.5 Å². The molecule has 2 aromatic carbocycles. The van der Waals surface area contributed by atoms with Crippen molar-refractivity contribution in [1.29, 1.82) is 0 Å². The quantitative estimate of drug-likeness (QED) is 0.423. The van der Waals surface area contributed by atoms with E-state index in [-0.39, 0.29) is 11.6 Å². The zero-order valence-electron chi connectivity index (χ0n) is 10.9. The van der Waals surface area contributed by atoms with Gasteiger partial charge in [0.2, 0.25) is 0 Å². The second-order valence-electron chi connectivity index (χ2n) is 4.59. The first kappa shape index (κ1) is 16.9. The number of benzene rings is 2. The molecule has 0 N–H and O–H groups in total. The average molecular weight is 383 g/mol. The lowest BCUT2D eigenvalue weighted by atomic mass is 9.96. The van der Waals surface area contributed by atoms with Crippen LogP contribution in [-0.4, -0.2) is 0 Å². The molecule has 0 aliphatic carbocycles. The van der Waals surface area contributed by atoms with Crippen molar-refractivity contribution in [3.05, 3.63) is 59.2 Å². The van der Waals surface area contributed by atoms with Gasteiger partial charge in [-0.25, -0.2) is 0 Å². The molecule has 2 aromatic rings. The average Bonchev–Trinajstić information content (AvgIpc) is 2.45. The van der Waals surface area contributed by atoms with Crippen molar-refractivity contribution in [3.63, 3.8) is 0 Å². The van der Waals surface area contributed by atoms with Crippen LogP contribution in [-0.2, 0) is 17.7 Å². The molecule has 0 radical (unpaired) electrons. The van der Waals surface area contributed by atoms with Gasteiger partial charge in [0.1, 0.15) is 0 Å². The Morgan fingerprint density at radius 1 is 0.773 bits per heavy atom. The van der Waals surface area contributed by atoms with Gasteiger partial charge < -0.3 is 0 Å². The van der Waals surface area contributed by atoms with Gasteiger partial charge in [-0.15, -0.1) is 0 Å². The van der Waals surface area contributed by atoms with E-state index in [9.17, 15) is 26.3 Å². The number of hydrogen-bond acceptors (Lipinski definition) is 0. The first-order valence-corrected chi connectivity index (χ1v) is 7.19. The molecule has 0 saturated carbocycles. The number of hydrogen-bond donors (Lipinski definition) is 0. The molecule has 0 spiro atoms. The Hall–Kier alpha value is -1.50. The Bertz CT molecular complexity index is 640. The summed E-state index contributed by atoms with van der Waals surface area (Å²) in [7, 11) is 0. The van der Waals surface area contributed by atoms with Crippen LogP contribution in [0.1, 0.15) is 16.7 Å². The largest absolute Gasteiger partial charge is 0.416 e. The van der Waals surface area contributed by atoms with Gasteiger partial charge in [-0.05, 0) is 34.9 Å². The highest BCUT2D eigenvalue weighted by molar-refractivity contribution is 9.08. The van der Waals surface area contributed by atoms with Crippen molar-refractivity contribution in [2.24, 2.45) is 0 Å². The molecule has 0 unspecified atom stereocenters. The smallest absolute Gasteiger partial charge is 0.166 e. The van der Waals surface area contributed by atoms with Crippen molar-refractivity contribution in [2.45, 2.75) is 17.7 Å². The first-order chi connectivity index (χ1) is 10.1. The van der Waals surface area contributed by atoms with Crippen molar-refractivity contribution in [3.8, 4) is 11.1 Å². The predicted molar refractivity (Wildman–Crippen MR) is 74.5 cm³/mol. The minimum Gasteiger partial charge on any atom is -0.166 e. The molecule has 7 heteroatoms. The summed E-state index contributed by atoms with van der Waals surface area (Å²) in [4.78, 5) is 0. The lowest BCUT2D eigenvalue weighted by Crippen LogP contribution is -2.11. The van der Waals surface area contributed by atoms with Gasteiger partial charge in [0.25, 0.3) is 0 Å². The highest BCUT2D eigenvalue weighted by atomic mass is 79.9. The Balaban J connectivity index is 2.70. The predicted octanol–water partition coefficient (Wildman–Crippen LogP) is 6.29. The fraction of sp³-hybridized carbons (Fsp3) is 0.200. The van der Waals surface area contributed by atoms with E-state index in [1.165, 1.54) is 6.07 Å². The standard InChI is InChI=1S/C15H9BrF6/c16-8-9-3-1-2-4-13(9)10-5-11(14(17,18)19)7-12(6-10)15(20,21)22/h1-7H,8H2. The Labute approximate surface area is 130 Å². The van der Waals surface area contributed by atoms with Crippen molar-refractivity contribution in [1.82, 2.24) is 0 Å². The summed E-state index contributed by atoms with van der Waals surface area (Å²) in [5.74, 6) is 0. The van der Waals surface area contributed by atoms with E-state index >= 15 is 0 Å². The van der Waals surface area contributed by atoms with Crippen LogP contribution in [0.3, 0.4) is 0 Å². The minimum absolute atomic E-state index is 0.114. The third-order valence-electron chi connectivity index (χ3n) is 3.06. The molecule has 2 rings (SSSR count). The molecule has 0 aliphatic rings. The first-order valence-electron chi connectivity index (χ1n) is 6.06. The molecule has 0 aromatic heterocycles. The normalized spacial score (nSPS) is 12.5. The van der Waals surface area contributed by atoms with Gasteiger partial charge in [0.05, 0.1) is 11.1 Å². The van der Waals surface area contributed by atoms with Crippen LogP contribution >= 0.6 is 15.9 Å². The van der Waals surface area contributed by atoms with Crippen molar-refractivity contribution in [2.75, 3.05) is 0 Å². The fourth-order valence-electron chi connectivity index (χ4n) is 2.03. The van der Waals surface area contributed by atoms with Crippen molar-refractivity contribution < 1.29 is 26.3 Å². The van der Waals surface area contributed by atoms with E-state index in [0.29, 0.717) is 16.5 Å². The molecule has 0 saturated heterocycles. The summed E-state index contributed by atoms with van der Waals surface area (Å²) in [6.45, 7) is 0. The summed E-state index contributed by atoms with van der Waals surface area (Å²) >= 11 is 3.18. The van der Waals surface area contributed by atoms with E-state index in [0.717, 1.165) is 12.1 Å². The lowest BCUT2D eigenvalue weighted by Gasteiger charge is -2.15. The van der Waals surface area contributed by atoms with Crippen LogP contribution in [0.5, 0.6) is 0 Å². The van der Waals surface area contributed by atoms with E-state index in [2.05, 4.69) is 15.9 Å². The second-order valence-corrected chi connectivity index (χ2v) is 5.15. The van der Waals surface area contributed by atoms with Gasteiger partial charge in [-0.2, -0.15) is 26.3 Å². The van der Waals surface area contributed by atoms with E-state index in [1.54, 1.807) is 18.2 Å². The Morgan fingerprint density at radius 2 is 1.27 bits per heavy atom. The third-order valence-corrected chi connectivity index (χ3v) is 3.66. The third kappa shape index (κ3) is 3.63. The van der Waals surface area contributed by atoms with E-state index in [4.69, 9.17) is 0 Å². The summed E-state index contributed by atoms with van der Waals surface area (Å²) in [6.07, 6.45) is -9.70. The molecule has 0 fully saturated rings. The van der Waals surface area contributed by atoms with Gasteiger partial charge >= 0.3 is 12.4 Å². The Morgan fingerprint density at radius 3 is 1.73 bits per heavy atom. The summed E-state index contributed by atoms with van der Waals surface area (Å²) in [6, 6.07) is 7.95. The molecule has 22 heavy (non-hydrogen) atoms. The van der Waals surface area contributed by atoms with Crippen LogP contribution in [0.2, 0.25) is 0 Å². The van der Waals surface area contributed by atoms with Crippen LogP contribution in [0.15, 0.2) is 42.5 Å². The van der Waals surface area contributed by atoms with Crippen LogP contribution in [0, 0.1) is 0 Å². The molecule has 0 bridgehead atoms. The molecular formula is C15H9BrF6. The number of rotatable bonds is 2. The molecule has 0 nitrogen and oxygen atoms in total. The van der Waals surface area contributed by atoms with Gasteiger partial charge in [-0.3, -0.25) is 0 Å². The highest BCUT2D eigenvalue weighted by Crippen LogP contribution is 2.39. The van der Waals surface area contributed by atoms with Gasteiger partial charge in [0, 0.05) is 5.33 Å². The van der Waals surface area contributed by atoms with Crippen LogP contribution in [0.4, 0.5) is 26.3 Å². The Kier molecular flexibility index (Phi) is 4.56. The summed E-state index contributed by atoms with van der Waals surface area (Å²) < 4.78 is 77.1. The zero-order chi connectivity index (χ0) is 16.5. The maximum absolute atomic E-state index is 12.9. The second kappa shape index (κ2) is 5.95. The SMILES string of the molecule is FC(F)(F)c1cc(-c2ccccc2CBr)cc(C(F)(F)F)c1. The molecule has 0 heterocycles. The summed E-state index contributed by atoms with van der Waals surface area (Å²) in [5.41, 5.74) is -1.81. The van der Waals surface area contributed by atoms with E-state index in [1.807, 2.05) is 0 Å². The monoisotopic (exact) mass is 382 g/mol. The maximum atomic E-state index is 12.9. The topological polar surface area (TPSA) is 0 Å². The minimum atomic E-state index is -4.85. The van der Waals surface area contributed by atoms with Crippen LogP contribution < -0.4 is 0 Å². The summed E-state index contributed by atoms with van der Waals surface area (Å²) in [5, 5.41) is 0.320. The molecule has 0 amide bonds. The molecule has 0 atom stereocenters. The maximum Gasteiger partial charge on any atom is 0.416 e. The fourth-order valence-corrected chi connectivity index (χ4v) is 2.52. The molecule has 0 aliphatic heterocycles. The molecule has 118 valence electrons. The van der Waals surface area contributed by atoms with Crippen LogP contribution in [0.25, 0.3) is 11.1 Å². The lowest BCUT2D eigenvalue weighted by molar-refractivity contribution is -0.143. The zero-order valence-corrected chi connectivity index (χ0v) is 12.5. The number of halogens is 7. The number of alkyl halides is 7.